The summed E-state index contributed by atoms with van der Waals surface area (Å²) in [7, 11) is -3.46. The maximum Gasteiger partial charge on any atom is 0.250 e. The van der Waals surface area contributed by atoms with E-state index < -0.39 is 22.0 Å². The van der Waals surface area contributed by atoms with Crippen molar-refractivity contribution >= 4 is 15.9 Å². The van der Waals surface area contributed by atoms with Gasteiger partial charge in [0.25, 0.3) is 0 Å². The molecule has 0 radical (unpaired) electrons. The van der Waals surface area contributed by atoms with E-state index in [1.807, 2.05) is 0 Å². The lowest BCUT2D eigenvalue weighted by Crippen LogP contribution is -2.42. The number of hydrogen-bond donors (Lipinski definition) is 2. The topological polar surface area (TPSA) is 89.3 Å². The number of sulfonamides is 1. The number of carbonyl (C=O) groups is 1. The Labute approximate surface area is 66.0 Å². The zero-order valence-electron chi connectivity index (χ0n) is 6.49. The van der Waals surface area contributed by atoms with Crippen LogP contribution in [-0.4, -0.2) is 26.6 Å². The summed E-state index contributed by atoms with van der Waals surface area (Å²) in [6.45, 7) is 1.70. The summed E-state index contributed by atoms with van der Waals surface area (Å²) in [5, 5.41) is 0. The van der Waals surface area contributed by atoms with Crippen molar-refractivity contribution in [2.45, 2.75) is 19.4 Å². The maximum absolute atomic E-state index is 10.8. The molecule has 1 atom stereocenters. The predicted octanol–water partition coefficient (Wildman–Crippen LogP) is -1.20. The Morgan fingerprint density at radius 1 is 1.64 bits per heavy atom. The molecule has 0 aliphatic carbocycles. The van der Waals surface area contributed by atoms with Gasteiger partial charge in [-0.15, -0.1) is 0 Å². The molecular weight excluding hydrogens is 168 g/mol. The number of nitrogens with one attached hydrogen (secondary N) is 1. The van der Waals surface area contributed by atoms with Crippen LogP contribution in [0.5, 0.6) is 0 Å². The Morgan fingerprint density at radius 3 is 2.36 bits per heavy atom. The van der Waals surface area contributed by atoms with Gasteiger partial charge in [0.1, 0.15) is 0 Å². The third-order valence-corrected chi connectivity index (χ3v) is 1.63. The van der Waals surface area contributed by atoms with Crippen LogP contribution in [0.15, 0.2) is 0 Å². The summed E-state index contributed by atoms with van der Waals surface area (Å²) in [5.41, 5.74) is 5.25. The smallest absolute Gasteiger partial charge is 0.250 e. The minimum Gasteiger partial charge on any atom is -0.320 e. The Balaban J connectivity index is 4.10. The van der Waals surface area contributed by atoms with E-state index in [0.29, 0.717) is 6.42 Å². The first-order valence-electron chi connectivity index (χ1n) is 3.14. The average Bonchev–Trinajstić information content (AvgIpc) is 1.82. The average molecular weight is 180 g/mol. The zero-order valence-corrected chi connectivity index (χ0v) is 7.31. The first kappa shape index (κ1) is 10.4. The Hall–Kier alpha value is -0.620. The minimum atomic E-state index is -3.46. The molecule has 0 saturated heterocycles. The highest BCUT2D eigenvalue weighted by Crippen LogP contribution is 1.86. The van der Waals surface area contributed by atoms with Crippen LogP contribution in [0, 0.1) is 0 Å². The lowest BCUT2D eigenvalue weighted by atomic mass is 10.2. The Morgan fingerprint density at radius 2 is 2.09 bits per heavy atom. The molecule has 0 bridgehead atoms. The Bertz CT molecular complexity index is 234. The van der Waals surface area contributed by atoms with Crippen molar-refractivity contribution in [3.63, 3.8) is 0 Å². The van der Waals surface area contributed by atoms with Gasteiger partial charge in [0.2, 0.25) is 15.9 Å². The van der Waals surface area contributed by atoms with E-state index in [0.717, 1.165) is 6.26 Å². The standard InChI is InChI=1S/C5H12N2O3S/c1-3-4(6)5(8)7-11(2,9)10/h4H,3,6H2,1-2H3,(H,7,8). The summed E-state index contributed by atoms with van der Waals surface area (Å²) in [5.74, 6) is -0.657. The molecule has 66 valence electrons. The van der Waals surface area contributed by atoms with E-state index in [-0.39, 0.29) is 0 Å². The number of rotatable bonds is 3. The molecule has 0 spiro atoms. The molecule has 1 unspecified atom stereocenters. The second-order valence-corrected chi connectivity index (χ2v) is 4.00. The van der Waals surface area contributed by atoms with Gasteiger partial charge in [0.05, 0.1) is 12.3 Å². The van der Waals surface area contributed by atoms with E-state index >= 15 is 0 Å². The SMILES string of the molecule is CCC(N)C(=O)NS(C)(=O)=O. The van der Waals surface area contributed by atoms with Crippen molar-refractivity contribution in [2.75, 3.05) is 6.26 Å². The van der Waals surface area contributed by atoms with Gasteiger partial charge in [-0.2, -0.15) is 0 Å². The highest BCUT2D eigenvalue weighted by atomic mass is 32.2. The summed E-state index contributed by atoms with van der Waals surface area (Å²) in [6.07, 6.45) is 1.33. The van der Waals surface area contributed by atoms with Crippen molar-refractivity contribution in [2.24, 2.45) is 5.73 Å². The molecule has 0 aliphatic heterocycles. The highest BCUT2D eigenvalue weighted by Gasteiger charge is 2.14. The number of hydrogen-bond acceptors (Lipinski definition) is 4. The molecule has 3 N–H and O–H groups in total. The molecule has 0 aromatic rings. The van der Waals surface area contributed by atoms with Crippen molar-refractivity contribution in [1.82, 2.24) is 4.72 Å². The fourth-order valence-corrected chi connectivity index (χ4v) is 0.961. The number of amides is 1. The molecule has 0 rings (SSSR count). The normalized spacial score (nSPS) is 14.1. The second kappa shape index (κ2) is 3.68. The van der Waals surface area contributed by atoms with Crippen LogP contribution in [0.1, 0.15) is 13.3 Å². The van der Waals surface area contributed by atoms with Crippen LogP contribution >= 0.6 is 0 Å². The lowest BCUT2D eigenvalue weighted by molar-refractivity contribution is -0.120. The molecule has 1 amide bonds. The van der Waals surface area contributed by atoms with Gasteiger partial charge in [-0.1, -0.05) is 6.92 Å². The van der Waals surface area contributed by atoms with Crippen molar-refractivity contribution in [1.29, 1.82) is 0 Å². The van der Waals surface area contributed by atoms with E-state index in [4.69, 9.17) is 5.73 Å². The third kappa shape index (κ3) is 4.74. The van der Waals surface area contributed by atoms with Crippen LogP contribution in [-0.2, 0) is 14.8 Å². The first-order chi connectivity index (χ1) is 4.87. The van der Waals surface area contributed by atoms with Gasteiger partial charge >= 0.3 is 0 Å². The summed E-state index contributed by atoms with van der Waals surface area (Å²) < 4.78 is 22.7. The van der Waals surface area contributed by atoms with Crippen molar-refractivity contribution < 1.29 is 13.2 Å². The van der Waals surface area contributed by atoms with E-state index in [9.17, 15) is 13.2 Å². The van der Waals surface area contributed by atoms with Crippen molar-refractivity contribution in [3.8, 4) is 0 Å². The van der Waals surface area contributed by atoms with E-state index in [1.165, 1.54) is 0 Å². The van der Waals surface area contributed by atoms with Crippen LogP contribution < -0.4 is 10.5 Å². The molecule has 6 heteroatoms. The zero-order chi connectivity index (χ0) is 9.07. The van der Waals surface area contributed by atoms with Gasteiger partial charge in [0.15, 0.2) is 0 Å². The lowest BCUT2D eigenvalue weighted by Gasteiger charge is -2.07. The van der Waals surface area contributed by atoms with Crippen LogP contribution in [0.3, 0.4) is 0 Å². The fourth-order valence-electron chi connectivity index (χ4n) is 0.444. The summed E-state index contributed by atoms with van der Waals surface area (Å²) in [6, 6.07) is -0.746. The fraction of sp³-hybridized carbons (Fsp3) is 0.800. The molecule has 0 saturated carbocycles. The van der Waals surface area contributed by atoms with Gasteiger partial charge in [-0.3, -0.25) is 9.52 Å². The molecule has 0 aromatic heterocycles. The molecule has 0 aliphatic rings. The Kier molecular flexibility index (Phi) is 3.47. The van der Waals surface area contributed by atoms with Crippen molar-refractivity contribution in [3.05, 3.63) is 0 Å². The van der Waals surface area contributed by atoms with Crippen LogP contribution in [0.25, 0.3) is 0 Å². The largest absolute Gasteiger partial charge is 0.320 e. The predicted molar refractivity (Wildman–Crippen MR) is 41.3 cm³/mol. The van der Waals surface area contributed by atoms with Gasteiger partial charge < -0.3 is 5.73 Å². The molecule has 0 fully saturated rings. The minimum absolute atomic E-state index is 0.418. The van der Waals surface area contributed by atoms with Crippen LogP contribution in [0.2, 0.25) is 0 Å². The maximum atomic E-state index is 10.8. The molecule has 0 aromatic carbocycles. The third-order valence-electron chi connectivity index (χ3n) is 1.06. The number of carbonyl (C=O) groups excluding carboxylic acids is 1. The molecule has 5 nitrogen and oxygen atoms in total. The summed E-state index contributed by atoms with van der Waals surface area (Å²) >= 11 is 0. The molecule has 11 heavy (non-hydrogen) atoms. The monoisotopic (exact) mass is 180 g/mol. The van der Waals surface area contributed by atoms with Gasteiger partial charge in [-0.25, -0.2) is 8.42 Å². The van der Waals surface area contributed by atoms with Crippen LogP contribution in [0.4, 0.5) is 0 Å². The van der Waals surface area contributed by atoms with E-state index in [1.54, 1.807) is 11.6 Å². The molecular formula is C5H12N2O3S. The van der Waals surface area contributed by atoms with E-state index in [2.05, 4.69) is 0 Å². The summed E-state index contributed by atoms with van der Waals surface area (Å²) in [4.78, 5) is 10.8. The van der Waals surface area contributed by atoms with Gasteiger partial charge in [-0.05, 0) is 6.42 Å². The first-order valence-corrected chi connectivity index (χ1v) is 5.03. The quantitative estimate of drug-likeness (QED) is 0.571. The van der Waals surface area contributed by atoms with Gasteiger partial charge in [0, 0.05) is 0 Å². The molecule has 0 heterocycles. The second-order valence-electron chi connectivity index (χ2n) is 2.25. The highest BCUT2D eigenvalue weighted by molar-refractivity contribution is 7.89. The number of nitrogens with two attached hydrogens (primary N) is 1.